The molecule has 0 aromatic heterocycles. The number of carbonyl (C=O) groups is 2. The standard InChI is InChI=1S/C22H25Cl2N3O6/c1-4-18(22(29)25-5-2)26(12-14-6-7-15(23)10-17(14)24)21(28)13-33-16-8-9-19(27(30)31)20(11-16)32-3/h6-11,18H,4-5,12-13H2,1-3H3,(H,25,29)/t18-/m1/s1. The van der Waals surface area contributed by atoms with E-state index in [0.717, 1.165) is 0 Å². The third kappa shape index (κ3) is 6.97. The van der Waals surface area contributed by atoms with Crippen molar-refractivity contribution in [2.75, 3.05) is 20.3 Å². The SMILES string of the molecule is CCNC(=O)[C@@H](CC)N(Cc1ccc(Cl)cc1Cl)C(=O)COc1ccc([N+](=O)[O-])c(OC)c1. The summed E-state index contributed by atoms with van der Waals surface area (Å²) in [6, 6.07) is 8.08. The van der Waals surface area contributed by atoms with Crippen LogP contribution in [0.25, 0.3) is 0 Å². The van der Waals surface area contributed by atoms with Gasteiger partial charge in [0.15, 0.2) is 6.61 Å². The van der Waals surface area contributed by atoms with Gasteiger partial charge in [-0.3, -0.25) is 19.7 Å². The molecular weight excluding hydrogens is 473 g/mol. The summed E-state index contributed by atoms with van der Waals surface area (Å²) in [7, 11) is 1.30. The average molecular weight is 498 g/mol. The van der Waals surface area contributed by atoms with Crippen LogP contribution in [0.3, 0.4) is 0 Å². The van der Waals surface area contributed by atoms with Gasteiger partial charge >= 0.3 is 5.69 Å². The van der Waals surface area contributed by atoms with Crippen LogP contribution >= 0.6 is 23.2 Å². The molecule has 0 aliphatic heterocycles. The minimum atomic E-state index is -0.751. The largest absolute Gasteiger partial charge is 0.490 e. The van der Waals surface area contributed by atoms with Crippen LogP contribution in [0.1, 0.15) is 25.8 Å². The van der Waals surface area contributed by atoms with E-state index in [1.807, 2.05) is 0 Å². The number of rotatable bonds is 11. The van der Waals surface area contributed by atoms with Gasteiger partial charge in [0.05, 0.1) is 12.0 Å². The summed E-state index contributed by atoms with van der Waals surface area (Å²) in [5.41, 5.74) is 0.395. The van der Waals surface area contributed by atoms with E-state index in [0.29, 0.717) is 28.6 Å². The summed E-state index contributed by atoms with van der Waals surface area (Å²) in [5, 5.41) is 14.6. The minimum Gasteiger partial charge on any atom is -0.490 e. The molecule has 0 unspecified atom stereocenters. The Hall–Kier alpha value is -3.04. The summed E-state index contributed by atoms with van der Waals surface area (Å²) in [6.07, 6.45) is 0.369. The molecule has 0 aliphatic rings. The van der Waals surface area contributed by atoms with Gasteiger partial charge in [-0.2, -0.15) is 0 Å². The Balaban J connectivity index is 2.27. The first-order valence-corrected chi connectivity index (χ1v) is 10.9. The van der Waals surface area contributed by atoms with Crippen molar-refractivity contribution >= 4 is 40.7 Å². The van der Waals surface area contributed by atoms with Gasteiger partial charge in [-0.15, -0.1) is 0 Å². The number of benzene rings is 2. The molecule has 0 aliphatic carbocycles. The highest BCUT2D eigenvalue weighted by molar-refractivity contribution is 6.35. The maximum atomic E-state index is 13.2. The number of nitrogens with one attached hydrogen (secondary N) is 1. The van der Waals surface area contributed by atoms with E-state index in [-0.39, 0.29) is 29.6 Å². The zero-order chi connectivity index (χ0) is 24.5. The van der Waals surface area contributed by atoms with E-state index in [1.165, 1.54) is 30.2 Å². The summed E-state index contributed by atoms with van der Waals surface area (Å²) in [6.45, 7) is 3.67. The molecule has 0 fully saturated rings. The number of hydrogen-bond acceptors (Lipinski definition) is 6. The van der Waals surface area contributed by atoms with Gasteiger partial charge in [0, 0.05) is 35.3 Å². The second-order valence-electron chi connectivity index (χ2n) is 6.96. The summed E-state index contributed by atoms with van der Waals surface area (Å²) < 4.78 is 10.6. The fraction of sp³-hybridized carbons (Fsp3) is 0.364. The number of nitro benzene ring substituents is 1. The third-order valence-electron chi connectivity index (χ3n) is 4.80. The fourth-order valence-electron chi connectivity index (χ4n) is 3.17. The lowest BCUT2D eigenvalue weighted by Crippen LogP contribution is -2.50. The first kappa shape index (κ1) is 26.2. The van der Waals surface area contributed by atoms with Crippen LogP contribution in [0.2, 0.25) is 10.0 Å². The molecule has 0 bridgehead atoms. The van der Waals surface area contributed by atoms with Gasteiger partial charge in [-0.25, -0.2) is 0 Å². The molecule has 2 rings (SSSR count). The first-order chi connectivity index (χ1) is 15.7. The summed E-state index contributed by atoms with van der Waals surface area (Å²) >= 11 is 12.3. The molecule has 11 heteroatoms. The van der Waals surface area contributed by atoms with Crippen molar-refractivity contribution in [3.05, 3.63) is 62.1 Å². The van der Waals surface area contributed by atoms with Crippen molar-refractivity contribution in [3.63, 3.8) is 0 Å². The monoisotopic (exact) mass is 497 g/mol. The number of methoxy groups -OCH3 is 1. The van der Waals surface area contributed by atoms with E-state index in [2.05, 4.69) is 5.32 Å². The van der Waals surface area contributed by atoms with Crippen LogP contribution in [0, 0.1) is 10.1 Å². The van der Waals surface area contributed by atoms with Crippen LogP contribution in [0.5, 0.6) is 11.5 Å². The molecule has 0 spiro atoms. The molecule has 178 valence electrons. The quantitative estimate of drug-likeness (QED) is 0.367. The van der Waals surface area contributed by atoms with Crippen molar-refractivity contribution in [2.45, 2.75) is 32.9 Å². The smallest absolute Gasteiger partial charge is 0.311 e. The Labute approximate surface area is 201 Å². The molecule has 9 nitrogen and oxygen atoms in total. The number of nitro groups is 1. The van der Waals surface area contributed by atoms with E-state index in [9.17, 15) is 19.7 Å². The van der Waals surface area contributed by atoms with Crippen LogP contribution in [-0.4, -0.2) is 47.9 Å². The second kappa shape index (κ2) is 12.3. The number of carbonyl (C=O) groups excluding carboxylic acids is 2. The van der Waals surface area contributed by atoms with Gasteiger partial charge in [0.2, 0.25) is 11.7 Å². The van der Waals surface area contributed by atoms with Gasteiger partial charge in [0.25, 0.3) is 5.91 Å². The maximum absolute atomic E-state index is 13.2. The van der Waals surface area contributed by atoms with Crippen molar-refractivity contribution in [2.24, 2.45) is 0 Å². The van der Waals surface area contributed by atoms with E-state index in [1.54, 1.807) is 32.0 Å². The van der Waals surface area contributed by atoms with Crippen molar-refractivity contribution in [3.8, 4) is 11.5 Å². The van der Waals surface area contributed by atoms with E-state index >= 15 is 0 Å². The average Bonchev–Trinajstić information content (AvgIpc) is 2.78. The highest BCUT2D eigenvalue weighted by atomic mass is 35.5. The van der Waals surface area contributed by atoms with Gasteiger partial charge < -0.3 is 19.7 Å². The van der Waals surface area contributed by atoms with Gasteiger partial charge in [-0.05, 0) is 37.1 Å². The lowest BCUT2D eigenvalue weighted by molar-refractivity contribution is -0.385. The molecule has 2 amide bonds. The van der Waals surface area contributed by atoms with Crippen LogP contribution in [0.15, 0.2) is 36.4 Å². The zero-order valence-electron chi connectivity index (χ0n) is 18.5. The maximum Gasteiger partial charge on any atom is 0.311 e. The van der Waals surface area contributed by atoms with E-state index in [4.69, 9.17) is 32.7 Å². The predicted molar refractivity (Wildman–Crippen MR) is 125 cm³/mol. The number of nitrogens with zero attached hydrogens (tertiary/aromatic N) is 2. The molecule has 0 saturated carbocycles. The number of hydrogen-bond donors (Lipinski definition) is 1. The Morgan fingerprint density at radius 3 is 2.48 bits per heavy atom. The fourth-order valence-corrected chi connectivity index (χ4v) is 3.64. The Kier molecular flexibility index (Phi) is 9.74. The molecule has 2 aromatic carbocycles. The predicted octanol–water partition coefficient (Wildman–Crippen LogP) is 4.23. The molecule has 1 N–H and O–H groups in total. The highest BCUT2D eigenvalue weighted by Crippen LogP contribution is 2.31. The Morgan fingerprint density at radius 1 is 1.18 bits per heavy atom. The second-order valence-corrected chi connectivity index (χ2v) is 7.80. The number of likely N-dealkylation sites (N-methyl/N-ethyl adjacent to an activating group) is 1. The molecule has 0 heterocycles. The Morgan fingerprint density at radius 2 is 1.91 bits per heavy atom. The van der Waals surface area contributed by atoms with Crippen molar-refractivity contribution in [1.29, 1.82) is 0 Å². The lowest BCUT2D eigenvalue weighted by Gasteiger charge is -2.30. The zero-order valence-corrected chi connectivity index (χ0v) is 20.0. The van der Waals surface area contributed by atoms with Crippen molar-refractivity contribution < 1.29 is 24.0 Å². The van der Waals surface area contributed by atoms with Crippen molar-refractivity contribution in [1.82, 2.24) is 10.2 Å². The molecule has 0 radical (unpaired) electrons. The van der Waals surface area contributed by atoms with Crippen LogP contribution in [0.4, 0.5) is 5.69 Å². The van der Waals surface area contributed by atoms with Crippen LogP contribution < -0.4 is 14.8 Å². The lowest BCUT2D eigenvalue weighted by atomic mass is 10.1. The molecule has 33 heavy (non-hydrogen) atoms. The normalized spacial score (nSPS) is 11.4. The summed E-state index contributed by atoms with van der Waals surface area (Å²) in [4.78, 5) is 37.7. The molecule has 2 aromatic rings. The van der Waals surface area contributed by atoms with Crippen LogP contribution in [-0.2, 0) is 16.1 Å². The van der Waals surface area contributed by atoms with Gasteiger partial charge in [0.1, 0.15) is 11.8 Å². The first-order valence-electron chi connectivity index (χ1n) is 10.2. The molecule has 0 saturated heterocycles. The Bertz CT molecular complexity index is 1020. The number of ether oxygens (including phenoxy) is 2. The summed E-state index contributed by atoms with van der Waals surface area (Å²) in [5.74, 6) is -0.545. The van der Waals surface area contributed by atoms with Gasteiger partial charge in [-0.1, -0.05) is 36.2 Å². The topological polar surface area (TPSA) is 111 Å². The molecule has 1 atom stereocenters. The third-order valence-corrected chi connectivity index (χ3v) is 5.39. The number of amides is 2. The van der Waals surface area contributed by atoms with E-state index < -0.39 is 23.5 Å². The number of halogens is 2. The molecular formula is C22H25Cl2N3O6. The highest BCUT2D eigenvalue weighted by Gasteiger charge is 2.29. The minimum absolute atomic E-state index is 0.00325.